The Kier molecular flexibility index (Phi) is 4.58. The maximum atomic E-state index is 12.4. The molecule has 3 rings (SSSR count). The second kappa shape index (κ2) is 6.79. The first-order valence-electron chi connectivity index (χ1n) is 6.98. The molecule has 0 radical (unpaired) electrons. The van der Waals surface area contributed by atoms with E-state index in [2.05, 4.69) is 40.0 Å². The number of nitrogens with one attached hydrogen (secondary N) is 1. The molecule has 4 heteroatoms. The molecule has 0 aliphatic rings. The summed E-state index contributed by atoms with van der Waals surface area (Å²) in [6.45, 7) is 0.684. The molecular formula is C18H15IN2O. The molecule has 3 aromatic rings. The van der Waals surface area contributed by atoms with Gasteiger partial charge >= 0.3 is 0 Å². The van der Waals surface area contributed by atoms with Crippen molar-refractivity contribution < 1.29 is 4.79 Å². The van der Waals surface area contributed by atoms with Crippen LogP contribution >= 0.6 is 22.6 Å². The summed E-state index contributed by atoms with van der Waals surface area (Å²) in [5, 5.41) is 2.93. The summed E-state index contributed by atoms with van der Waals surface area (Å²) in [7, 11) is 0. The SMILES string of the molecule is O=C(Nc1ccc(I)cc1)c1cccn1Cc1ccccc1. The summed E-state index contributed by atoms with van der Waals surface area (Å²) in [6.07, 6.45) is 1.93. The van der Waals surface area contributed by atoms with Crippen molar-refractivity contribution in [3.05, 3.63) is 87.8 Å². The summed E-state index contributed by atoms with van der Waals surface area (Å²) in [6, 6.07) is 21.6. The molecule has 110 valence electrons. The molecular weight excluding hydrogens is 387 g/mol. The third-order valence-corrected chi connectivity index (χ3v) is 4.08. The summed E-state index contributed by atoms with van der Waals surface area (Å²) in [5.74, 6) is -0.0952. The van der Waals surface area contributed by atoms with Crippen molar-refractivity contribution in [2.45, 2.75) is 6.54 Å². The molecule has 0 saturated carbocycles. The fourth-order valence-electron chi connectivity index (χ4n) is 2.27. The fraction of sp³-hybridized carbons (Fsp3) is 0.0556. The smallest absolute Gasteiger partial charge is 0.272 e. The fourth-order valence-corrected chi connectivity index (χ4v) is 2.63. The van der Waals surface area contributed by atoms with Gasteiger partial charge in [-0.3, -0.25) is 4.79 Å². The van der Waals surface area contributed by atoms with Crippen molar-refractivity contribution in [2.24, 2.45) is 0 Å². The van der Waals surface area contributed by atoms with Gasteiger partial charge in [0.1, 0.15) is 5.69 Å². The lowest BCUT2D eigenvalue weighted by molar-refractivity contribution is 0.101. The van der Waals surface area contributed by atoms with Crippen LogP contribution < -0.4 is 5.32 Å². The van der Waals surface area contributed by atoms with E-state index < -0.39 is 0 Å². The number of carbonyl (C=O) groups excluding carboxylic acids is 1. The first-order chi connectivity index (χ1) is 10.7. The van der Waals surface area contributed by atoms with Gasteiger partial charge in [0.15, 0.2) is 0 Å². The van der Waals surface area contributed by atoms with Crippen molar-refractivity contribution in [2.75, 3.05) is 5.32 Å². The Hall–Kier alpha value is -2.08. The lowest BCUT2D eigenvalue weighted by Gasteiger charge is -2.10. The summed E-state index contributed by atoms with van der Waals surface area (Å²) in [5.41, 5.74) is 2.63. The first-order valence-corrected chi connectivity index (χ1v) is 8.06. The summed E-state index contributed by atoms with van der Waals surface area (Å²) in [4.78, 5) is 12.4. The zero-order chi connectivity index (χ0) is 15.4. The standard InChI is InChI=1S/C18H15IN2O/c19-15-8-10-16(11-9-15)20-18(22)17-7-4-12-21(17)13-14-5-2-1-3-6-14/h1-12H,13H2,(H,20,22). The van der Waals surface area contributed by atoms with Gasteiger partial charge in [0, 0.05) is 22.0 Å². The number of anilines is 1. The number of halogens is 1. The van der Waals surface area contributed by atoms with E-state index in [1.165, 1.54) is 5.56 Å². The lowest BCUT2D eigenvalue weighted by Crippen LogP contribution is -2.17. The number of nitrogens with zero attached hydrogens (tertiary/aromatic N) is 1. The van der Waals surface area contributed by atoms with Gasteiger partial charge in [0.25, 0.3) is 5.91 Å². The van der Waals surface area contributed by atoms with Crippen LogP contribution in [-0.2, 0) is 6.54 Å². The van der Waals surface area contributed by atoms with E-state index in [-0.39, 0.29) is 5.91 Å². The van der Waals surface area contributed by atoms with Gasteiger partial charge < -0.3 is 9.88 Å². The largest absolute Gasteiger partial charge is 0.339 e. The Balaban J connectivity index is 1.76. The van der Waals surface area contributed by atoms with E-state index in [4.69, 9.17) is 0 Å². The molecule has 1 N–H and O–H groups in total. The lowest BCUT2D eigenvalue weighted by atomic mass is 10.2. The minimum atomic E-state index is -0.0952. The summed E-state index contributed by atoms with van der Waals surface area (Å²) >= 11 is 2.24. The molecule has 0 aliphatic carbocycles. The van der Waals surface area contributed by atoms with E-state index >= 15 is 0 Å². The predicted octanol–water partition coefficient (Wildman–Crippen LogP) is 4.39. The number of rotatable bonds is 4. The molecule has 0 saturated heterocycles. The van der Waals surface area contributed by atoms with E-state index in [1.54, 1.807) is 0 Å². The van der Waals surface area contributed by atoms with Crippen LogP contribution in [-0.4, -0.2) is 10.5 Å². The van der Waals surface area contributed by atoms with Crippen molar-refractivity contribution >= 4 is 34.2 Å². The van der Waals surface area contributed by atoms with Gasteiger partial charge in [-0.05, 0) is 64.6 Å². The topological polar surface area (TPSA) is 34.0 Å². The molecule has 0 atom stereocenters. The Morgan fingerprint density at radius 3 is 2.41 bits per heavy atom. The highest BCUT2D eigenvalue weighted by Gasteiger charge is 2.11. The third-order valence-electron chi connectivity index (χ3n) is 3.36. The van der Waals surface area contributed by atoms with Crippen molar-refractivity contribution in [1.29, 1.82) is 0 Å². The highest BCUT2D eigenvalue weighted by molar-refractivity contribution is 14.1. The second-order valence-corrected chi connectivity index (χ2v) is 6.21. The van der Waals surface area contributed by atoms with Crippen molar-refractivity contribution in [3.8, 4) is 0 Å². The minimum absolute atomic E-state index is 0.0952. The summed E-state index contributed by atoms with van der Waals surface area (Å²) < 4.78 is 3.10. The zero-order valence-electron chi connectivity index (χ0n) is 11.9. The quantitative estimate of drug-likeness (QED) is 0.646. The van der Waals surface area contributed by atoms with Gasteiger partial charge in [-0.2, -0.15) is 0 Å². The molecule has 1 heterocycles. The molecule has 22 heavy (non-hydrogen) atoms. The zero-order valence-corrected chi connectivity index (χ0v) is 14.0. The van der Waals surface area contributed by atoms with Gasteiger partial charge in [-0.15, -0.1) is 0 Å². The number of aromatic nitrogens is 1. The van der Waals surface area contributed by atoms with Gasteiger partial charge in [0.05, 0.1) is 0 Å². The first kappa shape index (κ1) is 14.8. The monoisotopic (exact) mass is 402 g/mol. The number of benzene rings is 2. The highest BCUT2D eigenvalue weighted by atomic mass is 127. The number of hydrogen-bond donors (Lipinski definition) is 1. The molecule has 1 amide bonds. The average molecular weight is 402 g/mol. The van der Waals surface area contributed by atoms with Crippen LogP contribution in [0.15, 0.2) is 72.9 Å². The van der Waals surface area contributed by atoms with Crippen LogP contribution in [0.3, 0.4) is 0 Å². The van der Waals surface area contributed by atoms with Crippen molar-refractivity contribution in [1.82, 2.24) is 4.57 Å². The third kappa shape index (κ3) is 3.57. The minimum Gasteiger partial charge on any atom is -0.339 e. The Labute approximate surface area is 143 Å². The Morgan fingerprint density at radius 2 is 1.68 bits per heavy atom. The van der Waals surface area contributed by atoms with Gasteiger partial charge in [0.2, 0.25) is 0 Å². The second-order valence-electron chi connectivity index (χ2n) is 4.97. The predicted molar refractivity (Wildman–Crippen MR) is 97.1 cm³/mol. The van der Waals surface area contributed by atoms with E-state index in [9.17, 15) is 4.79 Å². The van der Waals surface area contributed by atoms with Crippen LogP contribution in [0.4, 0.5) is 5.69 Å². The van der Waals surface area contributed by atoms with E-state index in [0.29, 0.717) is 12.2 Å². The van der Waals surface area contributed by atoms with E-state index in [1.807, 2.05) is 65.4 Å². The number of amides is 1. The number of hydrogen-bond acceptors (Lipinski definition) is 1. The molecule has 2 aromatic carbocycles. The van der Waals surface area contributed by atoms with Crippen molar-refractivity contribution in [3.63, 3.8) is 0 Å². The molecule has 0 aliphatic heterocycles. The molecule has 0 spiro atoms. The maximum Gasteiger partial charge on any atom is 0.272 e. The molecule has 1 aromatic heterocycles. The average Bonchev–Trinajstić information content (AvgIpc) is 2.99. The van der Waals surface area contributed by atoms with E-state index in [0.717, 1.165) is 9.26 Å². The maximum absolute atomic E-state index is 12.4. The van der Waals surface area contributed by atoms with Crippen LogP contribution in [0.5, 0.6) is 0 Å². The molecule has 0 bridgehead atoms. The molecule has 0 fully saturated rings. The van der Waals surface area contributed by atoms with Crippen LogP contribution in [0.2, 0.25) is 0 Å². The van der Waals surface area contributed by atoms with Gasteiger partial charge in [-0.1, -0.05) is 30.3 Å². The number of carbonyl (C=O) groups is 1. The Bertz CT molecular complexity index is 763. The van der Waals surface area contributed by atoms with Crippen LogP contribution in [0.25, 0.3) is 0 Å². The van der Waals surface area contributed by atoms with Crippen LogP contribution in [0.1, 0.15) is 16.1 Å². The molecule has 0 unspecified atom stereocenters. The normalized spacial score (nSPS) is 10.4. The van der Waals surface area contributed by atoms with Gasteiger partial charge in [-0.25, -0.2) is 0 Å². The Morgan fingerprint density at radius 1 is 0.955 bits per heavy atom. The highest BCUT2D eigenvalue weighted by Crippen LogP contribution is 2.14. The molecule has 3 nitrogen and oxygen atoms in total. The van der Waals surface area contributed by atoms with Crippen LogP contribution in [0, 0.1) is 3.57 Å².